The molecule has 0 radical (unpaired) electrons. The molecule has 0 amide bonds. The second-order valence-corrected chi connectivity index (χ2v) is 2.56. The van der Waals surface area contributed by atoms with E-state index in [1.165, 1.54) is 0 Å². The topological polar surface area (TPSA) is 9.23 Å². The Balaban J connectivity index is 2.77. The minimum Gasteiger partial charge on any atom is -0.491 e. The number of para-hydroxylation sites is 1. The van der Waals surface area contributed by atoms with Gasteiger partial charge in [-0.25, -0.2) is 0 Å². The van der Waals surface area contributed by atoms with Crippen molar-refractivity contribution >= 4 is 11.6 Å². The van der Waals surface area contributed by atoms with Gasteiger partial charge in [0.15, 0.2) is 0 Å². The molecule has 0 atom stereocenters. The number of halogens is 1. The molecule has 0 bridgehead atoms. The lowest BCUT2D eigenvalue weighted by Gasteiger charge is -2.05. The van der Waals surface area contributed by atoms with Crippen LogP contribution in [0.1, 0.15) is 5.56 Å². The summed E-state index contributed by atoms with van der Waals surface area (Å²) in [5.41, 5.74) is 0.766. The first-order valence-corrected chi connectivity index (χ1v) is 4.16. The molecule has 2 heteroatoms. The Hall–Kier alpha value is -1.13. The molecule has 0 aliphatic carbocycles. The first-order valence-electron chi connectivity index (χ1n) is 3.63. The Morgan fingerprint density at radius 2 is 2.17 bits per heavy atom. The van der Waals surface area contributed by atoms with Gasteiger partial charge in [0.1, 0.15) is 12.4 Å². The Kier molecular flexibility index (Phi) is 3.50. The molecule has 0 saturated heterocycles. The average molecular weight is 181 g/mol. The zero-order valence-electron chi connectivity index (χ0n) is 6.59. The number of terminal acetylenes is 1. The minimum absolute atomic E-state index is 0.471. The SMILES string of the molecule is C#Cc1ccccc1OCCCl. The lowest BCUT2D eigenvalue weighted by Crippen LogP contribution is -1.99. The van der Waals surface area contributed by atoms with Crippen molar-refractivity contribution < 1.29 is 4.74 Å². The number of ether oxygens (including phenoxy) is 1. The highest BCUT2D eigenvalue weighted by atomic mass is 35.5. The molecule has 1 aromatic rings. The van der Waals surface area contributed by atoms with Crippen LogP contribution in [0.3, 0.4) is 0 Å². The van der Waals surface area contributed by atoms with Crippen molar-refractivity contribution in [2.75, 3.05) is 12.5 Å². The normalized spacial score (nSPS) is 9.00. The van der Waals surface area contributed by atoms with E-state index in [9.17, 15) is 0 Å². The van der Waals surface area contributed by atoms with Crippen LogP contribution in [-0.4, -0.2) is 12.5 Å². The summed E-state index contributed by atoms with van der Waals surface area (Å²) in [6.07, 6.45) is 5.26. The molecule has 12 heavy (non-hydrogen) atoms. The highest BCUT2D eigenvalue weighted by Gasteiger charge is 1.97. The van der Waals surface area contributed by atoms with Crippen molar-refractivity contribution in [3.63, 3.8) is 0 Å². The van der Waals surface area contributed by atoms with Crippen LogP contribution in [0.25, 0.3) is 0 Å². The van der Waals surface area contributed by atoms with E-state index in [2.05, 4.69) is 5.92 Å². The summed E-state index contributed by atoms with van der Waals surface area (Å²) in [6, 6.07) is 7.43. The fourth-order valence-electron chi connectivity index (χ4n) is 0.860. The van der Waals surface area contributed by atoms with Crippen LogP contribution in [0.4, 0.5) is 0 Å². The van der Waals surface area contributed by atoms with E-state index in [0.717, 1.165) is 11.3 Å². The average Bonchev–Trinajstić information content (AvgIpc) is 2.15. The molecule has 1 aromatic carbocycles. The summed E-state index contributed by atoms with van der Waals surface area (Å²) in [4.78, 5) is 0. The number of hydrogen-bond acceptors (Lipinski definition) is 1. The lowest BCUT2D eigenvalue weighted by molar-refractivity contribution is 0.342. The van der Waals surface area contributed by atoms with Crippen LogP contribution in [0.2, 0.25) is 0 Å². The number of rotatable bonds is 3. The third kappa shape index (κ3) is 2.18. The molecular formula is C10H9ClO. The van der Waals surface area contributed by atoms with Crippen LogP contribution in [0, 0.1) is 12.3 Å². The first kappa shape index (κ1) is 8.96. The highest BCUT2D eigenvalue weighted by Crippen LogP contribution is 2.15. The van der Waals surface area contributed by atoms with Crippen LogP contribution in [0.5, 0.6) is 5.75 Å². The molecule has 62 valence electrons. The summed E-state index contributed by atoms with van der Waals surface area (Å²) in [5, 5.41) is 0. The van der Waals surface area contributed by atoms with Gasteiger partial charge in [0.25, 0.3) is 0 Å². The molecule has 0 fully saturated rings. The number of benzene rings is 1. The van der Waals surface area contributed by atoms with Gasteiger partial charge in [-0.2, -0.15) is 0 Å². The Labute approximate surface area is 77.3 Å². The Bertz CT molecular complexity index is 288. The number of alkyl halides is 1. The van der Waals surface area contributed by atoms with Crippen LogP contribution in [0.15, 0.2) is 24.3 Å². The fraction of sp³-hybridized carbons (Fsp3) is 0.200. The molecular weight excluding hydrogens is 172 g/mol. The molecule has 0 aliphatic heterocycles. The van der Waals surface area contributed by atoms with Gasteiger partial charge in [0.05, 0.1) is 11.4 Å². The van der Waals surface area contributed by atoms with E-state index < -0.39 is 0 Å². The van der Waals surface area contributed by atoms with Gasteiger partial charge in [-0.15, -0.1) is 18.0 Å². The van der Waals surface area contributed by atoms with Crippen molar-refractivity contribution in [2.24, 2.45) is 0 Å². The second-order valence-electron chi connectivity index (χ2n) is 2.18. The van der Waals surface area contributed by atoms with Gasteiger partial charge in [0, 0.05) is 0 Å². The summed E-state index contributed by atoms with van der Waals surface area (Å²) in [6.45, 7) is 0.486. The molecule has 0 heterocycles. The van der Waals surface area contributed by atoms with Crippen LogP contribution in [-0.2, 0) is 0 Å². The molecule has 1 rings (SSSR count). The Morgan fingerprint density at radius 3 is 2.83 bits per heavy atom. The van der Waals surface area contributed by atoms with E-state index in [0.29, 0.717) is 12.5 Å². The molecule has 0 saturated carbocycles. The van der Waals surface area contributed by atoms with Gasteiger partial charge in [0.2, 0.25) is 0 Å². The minimum atomic E-state index is 0.471. The predicted octanol–water partition coefficient (Wildman–Crippen LogP) is 2.29. The standard InChI is InChI=1S/C10H9ClO/c1-2-9-5-3-4-6-10(9)12-8-7-11/h1,3-6H,7-8H2. The van der Waals surface area contributed by atoms with Crippen molar-refractivity contribution in [1.29, 1.82) is 0 Å². The maximum Gasteiger partial charge on any atom is 0.134 e. The monoisotopic (exact) mass is 180 g/mol. The molecule has 0 N–H and O–H groups in total. The highest BCUT2D eigenvalue weighted by molar-refractivity contribution is 6.18. The van der Waals surface area contributed by atoms with E-state index >= 15 is 0 Å². The van der Waals surface area contributed by atoms with Crippen LogP contribution < -0.4 is 4.74 Å². The smallest absolute Gasteiger partial charge is 0.134 e. The van der Waals surface area contributed by atoms with Gasteiger partial charge < -0.3 is 4.74 Å². The predicted molar refractivity (Wildman–Crippen MR) is 50.6 cm³/mol. The maximum atomic E-state index is 5.47. The third-order valence-corrected chi connectivity index (χ3v) is 1.53. The largest absolute Gasteiger partial charge is 0.491 e. The van der Waals surface area contributed by atoms with Gasteiger partial charge in [-0.05, 0) is 12.1 Å². The van der Waals surface area contributed by atoms with E-state index in [4.69, 9.17) is 22.8 Å². The quantitative estimate of drug-likeness (QED) is 0.512. The van der Waals surface area contributed by atoms with Gasteiger partial charge in [-0.1, -0.05) is 18.1 Å². The van der Waals surface area contributed by atoms with Gasteiger partial charge in [-0.3, -0.25) is 0 Å². The van der Waals surface area contributed by atoms with Gasteiger partial charge >= 0.3 is 0 Å². The third-order valence-electron chi connectivity index (χ3n) is 1.38. The molecule has 0 spiro atoms. The summed E-state index contributed by atoms with van der Waals surface area (Å²) < 4.78 is 5.30. The Morgan fingerprint density at radius 1 is 1.42 bits per heavy atom. The zero-order valence-corrected chi connectivity index (χ0v) is 7.34. The van der Waals surface area contributed by atoms with Crippen LogP contribution >= 0.6 is 11.6 Å². The molecule has 1 nitrogen and oxygen atoms in total. The maximum absolute atomic E-state index is 5.47. The van der Waals surface area contributed by atoms with E-state index in [1.54, 1.807) is 0 Å². The summed E-state index contributed by atoms with van der Waals surface area (Å²) in [7, 11) is 0. The lowest BCUT2D eigenvalue weighted by atomic mass is 10.2. The molecule has 0 aromatic heterocycles. The van der Waals surface area contributed by atoms with Crippen molar-refractivity contribution in [1.82, 2.24) is 0 Å². The summed E-state index contributed by atoms with van der Waals surface area (Å²) in [5.74, 6) is 3.73. The first-order chi connectivity index (χ1) is 5.88. The van der Waals surface area contributed by atoms with E-state index in [-0.39, 0.29) is 0 Å². The van der Waals surface area contributed by atoms with Crippen molar-refractivity contribution in [2.45, 2.75) is 0 Å². The molecule has 0 unspecified atom stereocenters. The summed E-state index contributed by atoms with van der Waals surface area (Å²) >= 11 is 5.47. The zero-order chi connectivity index (χ0) is 8.81. The fourth-order valence-corrected chi connectivity index (χ4v) is 0.937. The van der Waals surface area contributed by atoms with Crippen molar-refractivity contribution in [3.05, 3.63) is 29.8 Å². The number of hydrogen-bond donors (Lipinski definition) is 0. The second kappa shape index (κ2) is 4.69. The van der Waals surface area contributed by atoms with E-state index in [1.807, 2.05) is 24.3 Å². The van der Waals surface area contributed by atoms with Crippen molar-refractivity contribution in [3.8, 4) is 18.1 Å². The molecule has 0 aliphatic rings.